The average molecular weight is 1470 g/mol. The fourth-order valence-electron chi connectivity index (χ4n) is 12.6. The summed E-state index contributed by atoms with van der Waals surface area (Å²) in [5.74, 6) is -2.11. The summed E-state index contributed by atoms with van der Waals surface area (Å²) >= 11 is 0. The second kappa shape index (κ2) is 75.3. The molecular formula is C81H158O17P2. The molecule has 0 amide bonds. The maximum atomic E-state index is 13.1. The van der Waals surface area contributed by atoms with Crippen LogP contribution in [0.5, 0.6) is 0 Å². The summed E-state index contributed by atoms with van der Waals surface area (Å²) in [6.45, 7) is 5.00. The zero-order valence-electron chi connectivity index (χ0n) is 65.2. The molecule has 0 bridgehead atoms. The Balaban J connectivity index is 5.18. The summed E-state index contributed by atoms with van der Waals surface area (Å²) in [5, 5.41) is 10.6. The van der Waals surface area contributed by atoms with Gasteiger partial charge in [-0.1, -0.05) is 387 Å². The van der Waals surface area contributed by atoms with Gasteiger partial charge in [0, 0.05) is 25.7 Å². The molecular weight excluding hydrogens is 1310 g/mol. The van der Waals surface area contributed by atoms with E-state index < -0.39 is 97.5 Å². The fraction of sp³-hybridized carbons (Fsp3) is 0.951. The summed E-state index contributed by atoms with van der Waals surface area (Å²) in [6.07, 6.45) is 68.1. The molecule has 0 radical (unpaired) electrons. The van der Waals surface area contributed by atoms with Crippen molar-refractivity contribution in [2.45, 2.75) is 457 Å². The van der Waals surface area contributed by atoms with Crippen molar-refractivity contribution in [2.24, 2.45) is 0 Å². The Labute approximate surface area is 613 Å². The van der Waals surface area contributed by atoms with Crippen LogP contribution in [0, 0.1) is 0 Å². The van der Waals surface area contributed by atoms with Crippen LogP contribution < -0.4 is 0 Å². The zero-order valence-corrected chi connectivity index (χ0v) is 67.0. The van der Waals surface area contributed by atoms with Gasteiger partial charge in [0.15, 0.2) is 12.2 Å². The molecule has 0 saturated carbocycles. The number of ether oxygens (including phenoxy) is 4. The van der Waals surface area contributed by atoms with Gasteiger partial charge in [-0.15, -0.1) is 0 Å². The molecule has 0 aromatic carbocycles. The van der Waals surface area contributed by atoms with Crippen LogP contribution in [0.15, 0.2) is 0 Å². The molecule has 0 aliphatic carbocycles. The molecule has 19 heteroatoms. The molecule has 0 aromatic heterocycles. The van der Waals surface area contributed by atoms with Crippen LogP contribution in [0.3, 0.4) is 0 Å². The summed E-state index contributed by atoms with van der Waals surface area (Å²) in [4.78, 5) is 72.9. The van der Waals surface area contributed by atoms with Crippen molar-refractivity contribution in [3.8, 4) is 0 Å². The third kappa shape index (κ3) is 74.3. The minimum atomic E-state index is -4.96. The molecule has 3 N–H and O–H groups in total. The number of aliphatic hydroxyl groups is 1. The van der Waals surface area contributed by atoms with Gasteiger partial charge < -0.3 is 33.8 Å². The third-order valence-electron chi connectivity index (χ3n) is 19.1. The summed E-state index contributed by atoms with van der Waals surface area (Å²) in [6, 6.07) is 0. The Morgan fingerprint density at radius 3 is 0.590 bits per heavy atom. The van der Waals surface area contributed by atoms with Gasteiger partial charge in [-0.05, 0) is 25.7 Å². The van der Waals surface area contributed by atoms with Crippen LogP contribution in [0.4, 0.5) is 0 Å². The maximum Gasteiger partial charge on any atom is 0.472 e. The van der Waals surface area contributed by atoms with E-state index in [4.69, 9.17) is 37.0 Å². The first-order chi connectivity index (χ1) is 48.7. The monoisotopic (exact) mass is 1470 g/mol. The van der Waals surface area contributed by atoms with E-state index in [1.54, 1.807) is 0 Å². The van der Waals surface area contributed by atoms with Gasteiger partial charge in [-0.3, -0.25) is 37.3 Å². The quantitative estimate of drug-likeness (QED) is 0.0222. The highest BCUT2D eigenvalue weighted by Crippen LogP contribution is 2.45. The minimum Gasteiger partial charge on any atom is -0.462 e. The predicted octanol–water partition coefficient (Wildman–Crippen LogP) is 24.6. The second-order valence-electron chi connectivity index (χ2n) is 29.2. The lowest BCUT2D eigenvalue weighted by Crippen LogP contribution is -2.30. The van der Waals surface area contributed by atoms with E-state index in [1.807, 2.05) is 0 Å². The van der Waals surface area contributed by atoms with E-state index in [2.05, 4.69) is 27.7 Å². The van der Waals surface area contributed by atoms with E-state index in [0.29, 0.717) is 25.7 Å². The molecule has 0 aromatic rings. The highest BCUT2D eigenvalue weighted by molar-refractivity contribution is 7.47. The van der Waals surface area contributed by atoms with Gasteiger partial charge in [0.2, 0.25) is 0 Å². The van der Waals surface area contributed by atoms with Gasteiger partial charge in [0.25, 0.3) is 0 Å². The van der Waals surface area contributed by atoms with E-state index in [9.17, 15) is 43.2 Å². The molecule has 0 saturated heterocycles. The SMILES string of the molecule is CCCCCCCCCCCCCCCCCCCCCCCC(=O)O[C@H](COC(=O)CCCCCCCCCCCCCCCCCCCCC)COP(=O)(O)OC[C@@H](O)COP(=O)(O)OC[C@@H](COC(=O)CCCCCCCCCCCC)OC(=O)CCCCCCCCCCCC. The first kappa shape index (κ1) is 98.1. The summed E-state index contributed by atoms with van der Waals surface area (Å²) in [7, 11) is -9.91. The van der Waals surface area contributed by atoms with Crippen LogP contribution >= 0.6 is 15.6 Å². The van der Waals surface area contributed by atoms with E-state index >= 15 is 0 Å². The molecule has 0 spiro atoms. The number of esters is 4. The summed E-state index contributed by atoms with van der Waals surface area (Å²) in [5.41, 5.74) is 0. The van der Waals surface area contributed by atoms with Crippen molar-refractivity contribution in [1.29, 1.82) is 0 Å². The van der Waals surface area contributed by atoms with Crippen molar-refractivity contribution in [1.82, 2.24) is 0 Å². The highest BCUT2D eigenvalue weighted by Gasteiger charge is 2.30. The lowest BCUT2D eigenvalue weighted by atomic mass is 10.0. The van der Waals surface area contributed by atoms with Crippen LogP contribution in [0.1, 0.15) is 439 Å². The topological polar surface area (TPSA) is 237 Å². The lowest BCUT2D eigenvalue weighted by molar-refractivity contribution is -0.161. The predicted molar refractivity (Wildman–Crippen MR) is 409 cm³/mol. The average Bonchev–Trinajstić information content (AvgIpc) is 0.940. The van der Waals surface area contributed by atoms with Gasteiger partial charge in [0.05, 0.1) is 26.4 Å². The first-order valence-electron chi connectivity index (χ1n) is 42.3. The Morgan fingerprint density at radius 2 is 0.400 bits per heavy atom. The van der Waals surface area contributed by atoms with E-state index in [-0.39, 0.29) is 25.7 Å². The molecule has 100 heavy (non-hydrogen) atoms. The number of hydrogen-bond donors (Lipinski definition) is 3. The van der Waals surface area contributed by atoms with Crippen molar-refractivity contribution in [3.05, 3.63) is 0 Å². The van der Waals surface area contributed by atoms with Crippen molar-refractivity contribution < 1.29 is 80.2 Å². The standard InChI is InChI=1S/C81H158O17P2/c1-5-9-13-17-21-25-29-31-33-35-37-38-40-42-44-46-48-52-56-60-64-68-81(86)98-77(72-92-79(84)66-62-58-54-51-47-45-43-41-39-36-34-32-30-26-22-18-14-10-6-2)74-96-100(89,90)94-70-75(82)69-93-99(87,88)95-73-76(97-80(85)67-63-59-55-50-28-24-20-16-12-8-4)71-91-78(83)65-61-57-53-49-27-23-19-15-11-7-3/h75-77,82H,5-74H2,1-4H3,(H,87,88)(H,89,90)/t75-,76+,77+/m0/s1. The summed E-state index contributed by atoms with van der Waals surface area (Å²) < 4.78 is 68.6. The lowest BCUT2D eigenvalue weighted by Gasteiger charge is -2.21. The van der Waals surface area contributed by atoms with Crippen LogP contribution in [-0.4, -0.2) is 96.7 Å². The molecule has 0 heterocycles. The number of carbonyl (C=O) groups excluding carboxylic acids is 4. The minimum absolute atomic E-state index is 0.107. The molecule has 0 rings (SSSR count). The van der Waals surface area contributed by atoms with E-state index in [1.165, 1.54) is 270 Å². The van der Waals surface area contributed by atoms with Crippen molar-refractivity contribution in [3.63, 3.8) is 0 Å². The first-order valence-corrected chi connectivity index (χ1v) is 45.3. The molecule has 0 aliphatic heterocycles. The molecule has 5 atom stereocenters. The van der Waals surface area contributed by atoms with Crippen molar-refractivity contribution >= 4 is 39.5 Å². The number of phosphoric ester groups is 2. The van der Waals surface area contributed by atoms with Gasteiger partial charge in [-0.2, -0.15) is 0 Å². The molecule has 2 unspecified atom stereocenters. The zero-order chi connectivity index (χ0) is 73.2. The maximum absolute atomic E-state index is 13.1. The molecule has 0 aliphatic rings. The number of unbranched alkanes of at least 4 members (excludes halogenated alkanes) is 56. The number of aliphatic hydroxyl groups excluding tert-OH is 1. The smallest absolute Gasteiger partial charge is 0.462 e. The number of rotatable bonds is 82. The normalized spacial score (nSPS) is 13.8. The third-order valence-corrected chi connectivity index (χ3v) is 21.0. The second-order valence-corrected chi connectivity index (χ2v) is 32.1. The Morgan fingerprint density at radius 1 is 0.240 bits per heavy atom. The van der Waals surface area contributed by atoms with Gasteiger partial charge in [0.1, 0.15) is 19.3 Å². The number of phosphoric acid groups is 2. The van der Waals surface area contributed by atoms with Crippen LogP contribution in [0.25, 0.3) is 0 Å². The van der Waals surface area contributed by atoms with Crippen LogP contribution in [0.2, 0.25) is 0 Å². The van der Waals surface area contributed by atoms with Crippen LogP contribution in [-0.2, 0) is 65.4 Å². The molecule has 594 valence electrons. The Kier molecular flexibility index (Phi) is 73.8. The van der Waals surface area contributed by atoms with E-state index in [0.717, 1.165) is 89.9 Å². The Bertz CT molecular complexity index is 1890. The Hall–Kier alpha value is -1.94. The van der Waals surface area contributed by atoms with Gasteiger partial charge in [-0.25, -0.2) is 9.13 Å². The number of hydrogen-bond acceptors (Lipinski definition) is 15. The largest absolute Gasteiger partial charge is 0.472 e. The molecule has 0 fully saturated rings. The molecule has 17 nitrogen and oxygen atoms in total. The highest BCUT2D eigenvalue weighted by atomic mass is 31.2. The number of carbonyl (C=O) groups is 4. The van der Waals surface area contributed by atoms with Gasteiger partial charge >= 0.3 is 39.5 Å². The van der Waals surface area contributed by atoms with Crippen molar-refractivity contribution in [2.75, 3.05) is 39.6 Å². The fourth-order valence-corrected chi connectivity index (χ4v) is 14.2.